The summed E-state index contributed by atoms with van der Waals surface area (Å²) < 4.78 is 7.88. The standard InChI is InChI=1S/C19H28N4O2S/c1-3-4-12-25-13-6-10-20-17(24)9-11-23-18(21-22-19(23)26)16-8-5-7-15(2)14-16/h5,7-8,14H,3-4,6,9-13H2,1-2H3,(H,20,24)(H,22,26). The summed E-state index contributed by atoms with van der Waals surface area (Å²) in [5, 5.41) is 10.1. The molecule has 0 saturated carbocycles. The maximum atomic E-state index is 12.1. The molecule has 6 nitrogen and oxygen atoms in total. The van der Waals surface area contributed by atoms with Crippen molar-refractivity contribution >= 4 is 18.1 Å². The van der Waals surface area contributed by atoms with E-state index in [-0.39, 0.29) is 5.91 Å². The number of amides is 1. The summed E-state index contributed by atoms with van der Waals surface area (Å²) in [6.07, 6.45) is 3.41. The summed E-state index contributed by atoms with van der Waals surface area (Å²) >= 11 is 5.31. The monoisotopic (exact) mass is 376 g/mol. The van der Waals surface area contributed by atoms with Crippen molar-refractivity contribution in [3.63, 3.8) is 0 Å². The van der Waals surface area contributed by atoms with E-state index in [0.29, 0.717) is 30.9 Å². The number of rotatable bonds is 11. The number of aromatic nitrogens is 3. The molecule has 0 aliphatic carbocycles. The van der Waals surface area contributed by atoms with Gasteiger partial charge in [0.05, 0.1) is 0 Å². The zero-order chi connectivity index (χ0) is 18.8. The van der Waals surface area contributed by atoms with Gasteiger partial charge in [-0.25, -0.2) is 0 Å². The molecule has 2 aromatic rings. The fourth-order valence-electron chi connectivity index (χ4n) is 2.58. The summed E-state index contributed by atoms with van der Waals surface area (Å²) in [5.41, 5.74) is 2.14. The molecule has 0 spiro atoms. The van der Waals surface area contributed by atoms with Gasteiger partial charge >= 0.3 is 0 Å². The summed E-state index contributed by atoms with van der Waals surface area (Å²) in [5.74, 6) is 0.771. The number of carbonyl (C=O) groups is 1. The number of ether oxygens (including phenoxy) is 1. The molecule has 0 aliphatic heterocycles. The third-order valence-electron chi connectivity index (χ3n) is 4.03. The molecule has 0 bridgehead atoms. The number of carbonyl (C=O) groups excluding carboxylic acids is 1. The fourth-order valence-corrected chi connectivity index (χ4v) is 2.81. The van der Waals surface area contributed by atoms with E-state index >= 15 is 0 Å². The van der Waals surface area contributed by atoms with Gasteiger partial charge in [0.15, 0.2) is 10.6 Å². The minimum atomic E-state index is 0.0110. The number of hydrogen-bond acceptors (Lipinski definition) is 4. The first kappa shape index (κ1) is 20.3. The highest BCUT2D eigenvalue weighted by molar-refractivity contribution is 7.71. The second-order valence-electron chi connectivity index (χ2n) is 6.29. The van der Waals surface area contributed by atoms with E-state index in [0.717, 1.165) is 42.8 Å². The van der Waals surface area contributed by atoms with Crippen LogP contribution < -0.4 is 5.32 Å². The van der Waals surface area contributed by atoms with Crippen molar-refractivity contribution in [1.82, 2.24) is 20.1 Å². The number of nitrogens with one attached hydrogen (secondary N) is 2. The summed E-state index contributed by atoms with van der Waals surface area (Å²) in [4.78, 5) is 12.1. The lowest BCUT2D eigenvalue weighted by Gasteiger charge is -2.09. The molecule has 0 unspecified atom stereocenters. The number of unbranched alkanes of at least 4 members (excludes halogenated alkanes) is 1. The number of aromatic amines is 1. The van der Waals surface area contributed by atoms with Crippen LogP contribution in [0.25, 0.3) is 11.4 Å². The van der Waals surface area contributed by atoms with Crippen LogP contribution in [0, 0.1) is 11.7 Å². The van der Waals surface area contributed by atoms with E-state index in [1.54, 1.807) is 0 Å². The molecule has 0 aliphatic rings. The lowest BCUT2D eigenvalue weighted by molar-refractivity contribution is -0.121. The molecule has 7 heteroatoms. The molecule has 1 heterocycles. The number of hydrogen-bond donors (Lipinski definition) is 2. The van der Waals surface area contributed by atoms with Gasteiger partial charge in [-0.2, -0.15) is 5.10 Å². The summed E-state index contributed by atoms with van der Waals surface area (Å²) in [7, 11) is 0. The van der Waals surface area contributed by atoms with Crippen molar-refractivity contribution in [2.45, 2.75) is 46.1 Å². The van der Waals surface area contributed by atoms with Gasteiger partial charge in [-0.3, -0.25) is 14.5 Å². The van der Waals surface area contributed by atoms with Crippen LogP contribution >= 0.6 is 12.2 Å². The van der Waals surface area contributed by atoms with Crippen LogP contribution in [0.4, 0.5) is 0 Å². The molecule has 1 amide bonds. The second-order valence-corrected chi connectivity index (χ2v) is 6.68. The topological polar surface area (TPSA) is 71.9 Å². The van der Waals surface area contributed by atoms with Crippen molar-refractivity contribution < 1.29 is 9.53 Å². The SMILES string of the molecule is CCCCOCCCNC(=O)CCn1c(-c2cccc(C)c2)n[nH]c1=S. The normalized spacial score (nSPS) is 10.8. The van der Waals surface area contributed by atoms with E-state index in [4.69, 9.17) is 17.0 Å². The van der Waals surface area contributed by atoms with Crippen molar-refractivity contribution in [1.29, 1.82) is 0 Å². The Morgan fingerprint density at radius 3 is 2.92 bits per heavy atom. The van der Waals surface area contributed by atoms with E-state index in [9.17, 15) is 4.79 Å². The highest BCUT2D eigenvalue weighted by Crippen LogP contribution is 2.18. The van der Waals surface area contributed by atoms with Crippen LogP contribution in [0.2, 0.25) is 0 Å². The molecular weight excluding hydrogens is 348 g/mol. The predicted molar refractivity (Wildman–Crippen MR) is 106 cm³/mol. The first-order chi connectivity index (χ1) is 12.6. The van der Waals surface area contributed by atoms with Crippen molar-refractivity contribution in [2.75, 3.05) is 19.8 Å². The number of H-pyrrole nitrogens is 1. The molecule has 26 heavy (non-hydrogen) atoms. The summed E-state index contributed by atoms with van der Waals surface area (Å²) in [6.45, 7) is 6.79. The van der Waals surface area contributed by atoms with Crippen molar-refractivity contribution in [3.05, 3.63) is 34.6 Å². The molecular formula is C19H28N4O2S. The van der Waals surface area contributed by atoms with E-state index < -0.39 is 0 Å². The number of aryl methyl sites for hydroxylation is 1. The highest BCUT2D eigenvalue weighted by atomic mass is 32.1. The molecule has 142 valence electrons. The predicted octanol–water partition coefficient (Wildman–Crippen LogP) is 3.63. The lowest BCUT2D eigenvalue weighted by atomic mass is 10.1. The summed E-state index contributed by atoms with van der Waals surface area (Å²) in [6, 6.07) is 8.07. The molecule has 2 rings (SSSR count). The fraction of sp³-hybridized carbons (Fsp3) is 0.526. The molecule has 0 fully saturated rings. The van der Waals surface area contributed by atoms with Gasteiger partial charge in [-0.05, 0) is 38.0 Å². The lowest BCUT2D eigenvalue weighted by Crippen LogP contribution is -2.26. The maximum absolute atomic E-state index is 12.1. The molecule has 0 atom stereocenters. The Hall–Kier alpha value is -1.99. The Labute approximate surface area is 160 Å². The Kier molecular flexibility index (Phi) is 8.50. The van der Waals surface area contributed by atoms with Gasteiger partial charge in [-0.15, -0.1) is 0 Å². The van der Waals surface area contributed by atoms with Gasteiger partial charge in [-0.1, -0.05) is 37.1 Å². The first-order valence-corrected chi connectivity index (χ1v) is 9.59. The average molecular weight is 377 g/mol. The highest BCUT2D eigenvalue weighted by Gasteiger charge is 2.10. The minimum Gasteiger partial charge on any atom is -0.381 e. The zero-order valence-electron chi connectivity index (χ0n) is 15.6. The molecule has 1 aromatic carbocycles. The molecule has 1 aromatic heterocycles. The van der Waals surface area contributed by atoms with Crippen LogP contribution in [-0.2, 0) is 16.1 Å². The number of benzene rings is 1. The quantitative estimate of drug-likeness (QED) is 0.464. The first-order valence-electron chi connectivity index (χ1n) is 9.18. The third kappa shape index (κ3) is 6.38. The van der Waals surface area contributed by atoms with Crippen LogP contribution in [0.5, 0.6) is 0 Å². The van der Waals surface area contributed by atoms with E-state index in [1.165, 1.54) is 0 Å². The molecule has 0 saturated heterocycles. The Morgan fingerprint density at radius 1 is 1.35 bits per heavy atom. The maximum Gasteiger partial charge on any atom is 0.221 e. The van der Waals surface area contributed by atoms with Gasteiger partial charge < -0.3 is 10.1 Å². The Morgan fingerprint density at radius 2 is 2.15 bits per heavy atom. The van der Waals surface area contributed by atoms with E-state index in [1.807, 2.05) is 29.7 Å². The largest absolute Gasteiger partial charge is 0.381 e. The van der Waals surface area contributed by atoms with Crippen molar-refractivity contribution in [2.24, 2.45) is 0 Å². The van der Waals surface area contributed by atoms with Crippen molar-refractivity contribution in [3.8, 4) is 11.4 Å². The number of nitrogens with zero attached hydrogens (tertiary/aromatic N) is 2. The van der Waals surface area contributed by atoms with Gasteiger partial charge in [0, 0.05) is 38.3 Å². The smallest absolute Gasteiger partial charge is 0.221 e. The van der Waals surface area contributed by atoms with Crippen LogP contribution in [0.15, 0.2) is 24.3 Å². The van der Waals surface area contributed by atoms with E-state index in [2.05, 4.69) is 28.5 Å². The molecule has 0 radical (unpaired) electrons. The van der Waals surface area contributed by atoms with Crippen LogP contribution in [0.3, 0.4) is 0 Å². The van der Waals surface area contributed by atoms with Gasteiger partial charge in [0.1, 0.15) is 0 Å². The molecule has 2 N–H and O–H groups in total. The van der Waals surface area contributed by atoms with Gasteiger partial charge in [0.2, 0.25) is 5.91 Å². The second kappa shape index (κ2) is 10.9. The zero-order valence-corrected chi connectivity index (χ0v) is 16.4. The van der Waals surface area contributed by atoms with Gasteiger partial charge in [0.25, 0.3) is 0 Å². The Balaban J connectivity index is 1.80. The van der Waals surface area contributed by atoms with Crippen LogP contribution in [-0.4, -0.2) is 40.4 Å². The third-order valence-corrected chi connectivity index (χ3v) is 4.34. The Bertz CT molecular complexity index is 754. The average Bonchev–Trinajstić information content (AvgIpc) is 3.00. The minimum absolute atomic E-state index is 0.0110. The van der Waals surface area contributed by atoms with Crippen LogP contribution in [0.1, 0.15) is 38.2 Å².